The molecule has 1 aliphatic heterocycles. The molecule has 0 amide bonds. The van der Waals surface area contributed by atoms with Crippen LogP contribution >= 0.6 is 0 Å². The molecule has 1 unspecified atom stereocenters. The molecule has 0 saturated heterocycles. The number of fused-ring (bicyclic) bond motifs is 1. The molecule has 1 atom stereocenters. The largest absolute Gasteiger partial charge is 0.340 e. The summed E-state index contributed by atoms with van der Waals surface area (Å²) in [5.41, 5.74) is 2.97. The third-order valence-corrected chi connectivity index (χ3v) is 4.38. The fourth-order valence-electron chi connectivity index (χ4n) is 2.90. The Morgan fingerprint density at radius 2 is 2.29 bits per heavy atom. The second-order valence-electron chi connectivity index (χ2n) is 5.64. The molecule has 6 heteroatoms. The molecule has 3 rings (SSSR count). The fourth-order valence-corrected chi connectivity index (χ4v) is 2.90. The van der Waals surface area contributed by atoms with Gasteiger partial charge in [0.05, 0.1) is 6.04 Å². The number of nitrogens with zero attached hydrogens (tertiary/aromatic N) is 5. The minimum Gasteiger partial charge on any atom is -0.340 e. The number of aryl methyl sites for hydroxylation is 1. The van der Waals surface area contributed by atoms with Gasteiger partial charge < -0.3 is 14.5 Å². The molecule has 1 aliphatic rings. The molecule has 3 heterocycles. The summed E-state index contributed by atoms with van der Waals surface area (Å²) in [7, 11) is 1.92. The Kier molecular flexibility index (Phi) is 3.52. The molecular formula is C15H20N6. The number of aromatic nitrogens is 4. The number of nitrogens with one attached hydrogen (secondary N) is 1. The molecule has 21 heavy (non-hydrogen) atoms. The monoisotopic (exact) mass is 284 g/mol. The summed E-state index contributed by atoms with van der Waals surface area (Å²) in [6.45, 7) is 5.90. The van der Waals surface area contributed by atoms with Crippen molar-refractivity contribution < 1.29 is 0 Å². The van der Waals surface area contributed by atoms with Gasteiger partial charge in [-0.25, -0.2) is 0 Å². The van der Waals surface area contributed by atoms with Gasteiger partial charge >= 0.3 is 0 Å². The van der Waals surface area contributed by atoms with Crippen LogP contribution in [0.25, 0.3) is 0 Å². The van der Waals surface area contributed by atoms with Gasteiger partial charge in [0, 0.05) is 32.3 Å². The molecular weight excluding hydrogens is 264 g/mol. The zero-order chi connectivity index (χ0) is 15.0. The van der Waals surface area contributed by atoms with Gasteiger partial charge in [-0.05, 0) is 31.9 Å². The van der Waals surface area contributed by atoms with Gasteiger partial charge in [0.25, 0.3) is 0 Å². The van der Waals surface area contributed by atoms with Crippen LogP contribution in [0.15, 0.2) is 6.07 Å². The van der Waals surface area contributed by atoms with Crippen molar-refractivity contribution in [3.63, 3.8) is 0 Å². The van der Waals surface area contributed by atoms with Gasteiger partial charge in [-0.15, -0.1) is 10.2 Å². The molecule has 6 nitrogen and oxygen atoms in total. The normalized spacial score (nSPS) is 15.0. The molecule has 0 aromatic carbocycles. The van der Waals surface area contributed by atoms with E-state index in [1.165, 1.54) is 0 Å². The Balaban J connectivity index is 1.72. The van der Waals surface area contributed by atoms with E-state index in [1.54, 1.807) is 0 Å². The van der Waals surface area contributed by atoms with Crippen molar-refractivity contribution in [2.45, 2.75) is 45.8 Å². The molecule has 1 N–H and O–H groups in total. The van der Waals surface area contributed by atoms with Crippen LogP contribution in [-0.4, -0.2) is 19.3 Å². The number of nitriles is 1. The predicted octanol–water partition coefficient (Wildman–Crippen LogP) is 1.59. The van der Waals surface area contributed by atoms with E-state index in [-0.39, 0.29) is 6.04 Å². The van der Waals surface area contributed by atoms with Crippen LogP contribution in [0.4, 0.5) is 0 Å². The van der Waals surface area contributed by atoms with E-state index < -0.39 is 0 Å². The summed E-state index contributed by atoms with van der Waals surface area (Å²) in [5.74, 6) is 2.11. The third kappa shape index (κ3) is 2.34. The second-order valence-corrected chi connectivity index (χ2v) is 5.64. The van der Waals surface area contributed by atoms with Crippen molar-refractivity contribution in [1.82, 2.24) is 24.6 Å². The minimum absolute atomic E-state index is 0.148. The topological polar surface area (TPSA) is 71.5 Å². The number of hydrogen-bond acceptors (Lipinski definition) is 4. The first-order chi connectivity index (χ1) is 10.1. The number of rotatable bonds is 4. The minimum atomic E-state index is 0.148. The quantitative estimate of drug-likeness (QED) is 0.925. The maximum absolute atomic E-state index is 9.08. The Bertz CT molecular complexity index is 703. The first-order valence-electron chi connectivity index (χ1n) is 7.32. The van der Waals surface area contributed by atoms with Crippen molar-refractivity contribution in [2.75, 3.05) is 0 Å². The van der Waals surface area contributed by atoms with E-state index in [0.29, 0.717) is 5.69 Å². The van der Waals surface area contributed by atoms with Gasteiger partial charge in [-0.1, -0.05) is 0 Å². The van der Waals surface area contributed by atoms with Crippen LogP contribution in [0, 0.1) is 18.3 Å². The summed E-state index contributed by atoms with van der Waals surface area (Å²) in [4.78, 5) is 0. The highest BCUT2D eigenvalue weighted by Gasteiger charge is 2.21. The Hall–Kier alpha value is -2.13. The molecule has 0 fully saturated rings. The summed E-state index contributed by atoms with van der Waals surface area (Å²) in [6.07, 6.45) is 2.19. The zero-order valence-electron chi connectivity index (χ0n) is 12.7. The van der Waals surface area contributed by atoms with Crippen molar-refractivity contribution in [2.24, 2.45) is 7.05 Å². The SMILES string of the molecule is Cc1c(CNC(C)c2nnc3n2CCC3)cc(C#N)n1C. The highest BCUT2D eigenvalue weighted by molar-refractivity contribution is 5.34. The lowest BCUT2D eigenvalue weighted by Gasteiger charge is -2.14. The average Bonchev–Trinajstić information content (AvgIpc) is 3.14. The summed E-state index contributed by atoms with van der Waals surface area (Å²) < 4.78 is 4.15. The van der Waals surface area contributed by atoms with Crippen molar-refractivity contribution >= 4 is 0 Å². The summed E-state index contributed by atoms with van der Waals surface area (Å²) >= 11 is 0. The van der Waals surface area contributed by atoms with E-state index in [9.17, 15) is 0 Å². The van der Waals surface area contributed by atoms with Gasteiger partial charge in [-0.3, -0.25) is 0 Å². The van der Waals surface area contributed by atoms with Crippen LogP contribution in [-0.2, 0) is 26.6 Å². The van der Waals surface area contributed by atoms with Crippen molar-refractivity contribution in [3.8, 4) is 6.07 Å². The summed E-state index contributed by atoms with van der Waals surface area (Å²) in [5, 5.41) is 21.1. The Morgan fingerprint density at radius 1 is 1.48 bits per heavy atom. The van der Waals surface area contributed by atoms with Gasteiger partial charge in [0.1, 0.15) is 23.4 Å². The van der Waals surface area contributed by atoms with Gasteiger partial charge in [0.15, 0.2) is 0 Å². The van der Waals surface area contributed by atoms with Crippen LogP contribution in [0.2, 0.25) is 0 Å². The highest BCUT2D eigenvalue weighted by atomic mass is 15.3. The standard InChI is InChI=1S/C15H20N6/c1-10(15-19-18-14-5-4-6-21(14)15)17-9-12-7-13(8-16)20(3)11(12)2/h7,10,17H,4-6,9H2,1-3H3. The summed E-state index contributed by atoms with van der Waals surface area (Å²) in [6, 6.07) is 4.31. The van der Waals surface area contributed by atoms with Crippen LogP contribution in [0.5, 0.6) is 0 Å². The molecule has 0 radical (unpaired) electrons. The van der Waals surface area contributed by atoms with E-state index in [0.717, 1.165) is 48.8 Å². The van der Waals surface area contributed by atoms with Gasteiger partial charge in [-0.2, -0.15) is 5.26 Å². The maximum Gasteiger partial charge on any atom is 0.149 e. The van der Waals surface area contributed by atoms with E-state index in [4.69, 9.17) is 5.26 Å². The Morgan fingerprint density at radius 3 is 3.00 bits per heavy atom. The first kappa shape index (κ1) is 13.8. The lowest BCUT2D eigenvalue weighted by atomic mass is 10.2. The molecule has 0 saturated carbocycles. The van der Waals surface area contributed by atoms with E-state index >= 15 is 0 Å². The molecule has 2 aromatic heterocycles. The fraction of sp³-hybridized carbons (Fsp3) is 0.533. The molecule has 110 valence electrons. The van der Waals surface area contributed by atoms with Gasteiger partial charge in [0.2, 0.25) is 0 Å². The first-order valence-corrected chi connectivity index (χ1v) is 7.32. The third-order valence-electron chi connectivity index (χ3n) is 4.38. The van der Waals surface area contributed by atoms with Crippen molar-refractivity contribution in [1.29, 1.82) is 5.26 Å². The molecule has 2 aromatic rings. The van der Waals surface area contributed by atoms with Crippen LogP contribution in [0.3, 0.4) is 0 Å². The maximum atomic E-state index is 9.08. The van der Waals surface area contributed by atoms with E-state index in [2.05, 4.69) is 33.1 Å². The lowest BCUT2D eigenvalue weighted by Crippen LogP contribution is -2.21. The molecule has 0 bridgehead atoms. The van der Waals surface area contributed by atoms with Crippen LogP contribution < -0.4 is 5.32 Å². The lowest BCUT2D eigenvalue weighted by molar-refractivity contribution is 0.515. The van der Waals surface area contributed by atoms with Crippen molar-refractivity contribution in [3.05, 3.63) is 34.7 Å². The second kappa shape index (κ2) is 5.34. The molecule has 0 aliphatic carbocycles. The number of hydrogen-bond donors (Lipinski definition) is 1. The highest BCUT2D eigenvalue weighted by Crippen LogP contribution is 2.20. The zero-order valence-corrected chi connectivity index (χ0v) is 12.7. The Labute approximate surface area is 124 Å². The van der Waals surface area contributed by atoms with Crippen LogP contribution in [0.1, 0.15) is 48.0 Å². The predicted molar refractivity (Wildman–Crippen MR) is 78.5 cm³/mol. The average molecular weight is 284 g/mol. The smallest absolute Gasteiger partial charge is 0.149 e. The van der Waals surface area contributed by atoms with E-state index in [1.807, 2.05) is 24.6 Å². The molecule has 0 spiro atoms.